The molecule has 3 aliphatic rings. The zero-order valence-corrected chi connectivity index (χ0v) is 23.2. The predicted molar refractivity (Wildman–Crippen MR) is 153 cm³/mol. The summed E-state index contributed by atoms with van der Waals surface area (Å²) in [5.74, 6) is 0.324. The number of amides is 1. The lowest BCUT2D eigenvalue weighted by molar-refractivity contribution is -0.198. The van der Waals surface area contributed by atoms with Crippen molar-refractivity contribution >= 4 is 29.1 Å². The fraction of sp³-hybridized carbons (Fsp3) is 0.387. The van der Waals surface area contributed by atoms with Gasteiger partial charge in [0, 0.05) is 62.5 Å². The van der Waals surface area contributed by atoms with E-state index in [9.17, 15) is 9.59 Å². The van der Waals surface area contributed by atoms with Crippen LogP contribution in [0.2, 0.25) is 0 Å². The zero-order valence-electron chi connectivity index (χ0n) is 22.3. The standard InChI is InChI=1S/C31H33N3O5S/c35-26-19-31(13-15-34(16-14-31)20-24-21-40-30(32-24)23-6-2-1-3-7-23)38-27-11-9-22(18-25(26)27)10-12-28(36)33-39-29-8-4-5-17-37-29/h1-3,6-7,9-12,18,21,29H,4-5,8,13-17,19-20H2,(H,33,36)/b12-10+. The smallest absolute Gasteiger partial charge is 0.267 e. The van der Waals surface area contributed by atoms with Crippen LogP contribution < -0.4 is 10.2 Å². The van der Waals surface area contributed by atoms with Crippen LogP contribution in [0.3, 0.4) is 0 Å². The van der Waals surface area contributed by atoms with Crippen molar-refractivity contribution in [3.8, 4) is 16.3 Å². The second-order valence-electron chi connectivity index (χ2n) is 10.6. The number of aromatic nitrogens is 1. The number of carbonyl (C=O) groups excluding carboxylic acids is 2. The number of rotatable bonds is 7. The Bertz CT molecular complexity index is 1370. The van der Waals surface area contributed by atoms with Gasteiger partial charge < -0.3 is 9.47 Å². The molecule has 1 spiro atoms. The molecule has 9 heteroatoms. The molecule has 1 N–H and O–H groups in total. The summed E-state index contributed by atoms with van der Waals surface area (Å²) in [6.45, 7) is 3.14. The number of hydrogen-bond acceptors (Lipinski definition) is 8. The summed E-state index contributed by atoms with van der Waals surface area (Å²) in [4.78, 5) is 37.9. The first-order valence-corrected chi connectivity index (χ1v) is 14.8. The molecule has 2 aromatic carbocycles. The number of carbonyl (C=O) groups is 2. The molecule has 6 rings (SSSR count). The minimum atomic E-state index is -0.465. The Labute approximate surface area is 237 Å². The van der Waals surface area contributed by atoms with Crippen LogP contribution in [0.15, 0.2) is 60.0 Å². The van der Waals surface area contributed by atoms with E-state index in [2.05, 4.69) is 27.9 Å². The molecule has 2 saturated heterocycles. The second-order valence-corrected chi connectivity index (χ2v) is 11.5. The SMILES string of the molecule is O=C(/C=C/c1ccc2c(c1)C(=O)CC1(CCN(Cc3csc(-c4ccccc4)n3)CC1)O2)NOC1CCCCO1. The average Bonchev–Trinajstić information content (AvgIpc) is 3.46. The maximum atomic E-state index is 13.2. The molecule has 208 valence electrons. The highest BCUT2D eigenvalue weighted by atomic mass is 32.1. The minimum Gasteiger partial charge on any atom is -0.486 e. The Kier molecular flexibility index (Phi) is 8.06. The summed E-state index contributed by atoms with van der Waals surface area (Å²) in [6, 6.07) is 15.7. The molecule has 40 heavy (non-hydrogen) atoms. The van der Waals surface area contributed by atoms with E-state index in [4.69, 9.17) is 19.3 Å². The number of nitrogens with one attached hydrogen (secondary N) is 1. The molecule has 8 nitrogen and oxygen atoms in total. The fourth-order valence-electron chi connectivity index (χ4n) is 5.47. The van der Waals surface area contributed by atoms with Gasteiger partial charge in [-0.1, -0.05) is 36.4 Å². The molecule has 1 atom stereocenters. The number of likely N-dealkylation sites (tertiary alicyclic amines) is 1. The van der Waals surface area contributed by atoms with Gasteiger partial charge in [-0.3, -0.25) is 14.5 Å². The number of ether oxygens (including phenoxy) is 2. The number of thiazole rings is 1. The number of fused-ring (bicyclic) bond motifs is 1. The Hall–Kier alpha value is -3.37. The van der Waals surface area contributed by atoms with E-state index < -0.39 is 11.9 Å². The Morgan fingerprint density at radius 3 is 2.83 bits per heavy atom. The van der Waals surface area contributed by atoms with Crippen LogP contribution in [0.5, 0.6) is 5.75 Å². The van der Waals surface area contributed by atoms with Crippen molar-refractivity contribution in [2.75, 3.05) is 19.7 Å². The van der Waals surface area contributed by atoms with Crippen molar-refractivity contribution in [2.45, 2.75) is 57.0 Å². The molecule has 1 unspecified atom stereocenters. The number of hydrogen-bond donors (Lipinski definition) is 1. The molecule has 1 amide bonds. The molecule has 0 saturated carbocycles. The van der Waals surface area contributed by atoms with Gasteiger partial charge in [-0.25, -0.2) is 15.3 Å². The van der Waals surface area contributed by atoms with Gasteiger partial charge in [0.2, 0.25) is 0 Å². The first kappa shape index (κ1) is 26.8. The molecule has 1 aromatic heterocycles. The Balaban J connectivity index is 1.02. The van der Waals surface area contributed by atoms with Gasteiger partial charge in [0.25, 0.3) is 5.91 Å². The second kappa shape index (κ2) is 12.0. The van der Waals surface area contributed by atoms with E-state index in [1.807, 2.05) is 30.3 Å². The van der Waals surface area contributed by atoms with Crippen molar-refractivity contribution in [3.05, 3.63) is 76.8 Å². The first-order chi connectivity index (χ1) is 19.6. The van der Waals surface area contributed by atoms with E-state index >= 15 is 0 Å². The van der Waals surface area contributed by atoms with Crippen LogP contribution in [-0.4, -0.2) is 53.2 Å². The molecule has 2 fully saturated rings. The summed E-state index contributed by atoms with van der Waals surface area (Å²) >= 11 is 1.67. The molecule has 0 radical (unpaired) electrons. The average molecular weight is 560 g/mol. The van der Waals surface area contributed by atoms with Gasteiger partial charge in [-0.2, -0.15) is 0 Å². The summed E-state index contributed by atoms with van der Waals surface area (Å²) in [6.07, 6.45) is 7.40. The lowest BCUT2D eigenvalue weighted by atomic mass is 9.82. The van der Waals surface area contributed by atoms with Crippen LogP contribution in [0.4, 0.5) is 0 Å². The number of benzene rings is 2. The number of nitrogens with zero attached hydrogens (tertiary/aromatic N) is 2. The van der Waals surface area contributed by atoms with Gasteiger partial charge in [-0.05, 0) is 36.6 Å². The van der Waals surface area contributed by atoms with Crippen molar-refractivity contribution in [3.63, 3.8) is 0 Å². The van der Waals surface area contributed by atoms with E-state index in [0.717, 1.165) is 73.6 Å². The van der Waals surface area contributed by atoms with E-state index in [0.29, 0.717) is 24.3 Å². The van der Waals surface area contributed by atoms with Crippen LogP contribution in [0.1, 0.15) is 60.1 Å². The summed E-state index contributed by atoms with van der Waals surface area (Å²) in [5.41, 5.74) is 5.49. The summed E-state index contributed by atoms with van der Waals surface area (Å²) < 4.78 is 11.9. The van der Waals surface area contributed by atoms with Gasteiger partial charge >= 0.3 is 0 Å². The molecule has 3 aromatic rings. The summed E-state index contributed by atoms with van der Waals surface area (Å²) in [7, 11) is 0. The number of ketones is 1. The highest BCUT2D eigenvalue weighted by molar-refractivity contribution is 7.13. The van der Waals surface area contributed by atoms with Crippen molar-refractivity contribution in [1.29, 1.82) is 0 Å². The molecule has 4 heterocycles. The van der Waals surface area contributed by atoms with Crippen molar-refractivity contribution in [2.24, 2.45) is 0 Å². The lowest BCUT2D eigenvalue weighted by Gasteiger charge is -2.43. The van der Waals surface area contributed by atoms with E-state index in [1.165, 1.54) is 6.08 Å². The van der Waals surface area contributed by atoms with Crippen LogP contribution in [0, 0.1) is 0 Å². The zero-order chi connectivity index (χ0) is 27.4. The maximum Gasteiger partial charge on any atom is 0.267 e. The van der Waals surface area contributed by atoms with Crippen LogP contribution in [0.25, 0.3) is 16.6 Å². The molecule has 0 bridgehead atoms. The van der Waals surface area contributed by atoms with Crippen molar-refractivity contribution in [1.82, 2.24) is 15.4 Å². The topological polar surface area (TPSA) is 90.0 Å². The van der Waals surface area contributed by atoms with Gasteiger partial charge in [0.15, 0.2) is 12.1 Å². The molecule has 0 aliphatic carbocycles. The largest absolute Gasteiger partial charge is 0.486 e. The lowest BCUT2D eigenvalue weighted by Crippen LogP contribution is -2.50. The van der Waals surface area contributed by atoms with Gasteiger partial charge in [-0.15, -0.1) is 11.3 Å². The first-order valence-electron chi connectivity index (χ1n) is 13.9. The number of Topliss-reactive ketones (excluding diaryl/α,β-unsaturated/α-hetero) is 1. The maximum absolute atomic E-state index is 13.2. The summed E-state index contributed by atoms with van der Waals surface area (Å²) in [5, 5.41) is 3.18. The quantitative estimate of drug-likeness (QED) is 0.306. The van der Waals surface area contributed by atoms with Crippen molar-refractivity contribution < 1.29 is 23.9 Å². The normalized spacial score (nSPS) is 20.8. The van der Waals surface area contributed by atoms with E-state index in [-0.39, 0.29) is 11.7 Å². The van der Waals surface area contributed by atoms with Gasteiger partial charge in [0.1, 0.15) is 16.4 Å². The number of hydroxylamine groups is 1. The van der Waals surface area contributed by atoms with Gasteiger partial charge in [0.05, 0.1) is 17.7 Å². The molecular formula is C31H33N3O5S. The highest BCUT2D eigenvalue weighted by Crippen LogP contribution is 2.40. The Morgan fingerprint density at radius 2 is 2.02 bits per heavy atom. The minimum absolute atomic E-state index is 0.0826. The highest BCUT2D eigenvalue weighted by Gasteiger charge is 2.43. The monoisotopic (exact) mass is 559 g/mol. The number of piperidine rings is 1. The third-order valence-electron chi connectivity index (χ3n) is 7.69. The van der Waals surface area contributed by atoms with Crippen LogP contribution >= 0.6 is 11.3 Å². The fourth-order valence-corrected chi connectivity index (χ4v) is 6.29. The van der Waals surface area contributed by atoms with E-state index in [1.54, 1.807) is 23.5 Å². The third kappa shape index (κ3) is 6.33. The predicted octanol–water partition coefficient (Wildman–Crippen LogP) is 5.40. The Morgan fingerprint density at radius 1 is 1.18 bits per heavy atom. The van der Waals surface area contributed by atoms with Crippen LogP contribution in [-0.2, 0) is 20.9 Å². The molecular weight excluding hydrogens is 526 g/mol. The molecule has 3 aliphatic heterocycles. The third-order valence-corrected chi connectivity index (χ3v) is 8.63.